The first-order chi connectivity index (χ1) is 17.7. The molecule has 5 aromatic rings. The zero-order valence-corrected chi connectivity index (χ0v) is 19.6. The van der Waals surface area contributed by atoms with Crippen molar-refractivity contribution in [2.24, 2.45) is 0 Å². The van der Waals surface area contributed by atoms with Crippen molar-refractivity contribution >= 4 is 22.6 Å². The molecule has 0 aliphatic carbocycles. The molecule has 0 radical (unpaired) electrons. The number of hydrogen-bond acceptors (Lipinski definition) is 6. The van der Waals surface area contributed by atoms with Gasteiger partial charge in [0.2, 0.25) is 12.7 Å². The summed E-state index contributed by atoms with van der Waals surface area (Å²) in [6.07, 6.45) is 3.63. The molecule has 3 aromatic carbocycles. The molecule has 36 heavy (non-hydrogen) atoms. The number of H-pyrrole nitrogens is 1. The van der Waals surface area contributed by atoms with Crippen LogP contribution < -0.4 is 14.4 Å². The molecule has 2 aromatic heterocycles. The minimum Gasteiger partial charge on any atom is -0.454 e. The number of carbonyl (C=O) groups excluding carboxylic acids is 1. The van der Waals surface area contributed by atoms with Crippen molar-refractivity contribution in [2.45, 2.75) is 13.0 Å². The van der Waals surface area contributed by atoms with Crippen molar-refractivity contribution in [2.75, 3.05) is 18.2 Å². The second kappa shape index (κ2) is 7.95. The third-order valence-electron chi connectivity index (χ3n) is 6.91. The van der Waals surface area contributed by atoms with Gasteiger partial charge in [0.25, 0.3) is 0 Å². The van der Waals surface area contributed by atoms with Crippen LogP contribution in [0.1, 0.15) is 33.2 Å². The Labute approximate surface area is 207 Å². The highest BCUT2D eigenvalue weighted by Gasteiger charge is 2.38. The van der Waals surface area contributed by atoms with Gasteiger partial charge in [-0.15, -0.1) is 0 Å². The summed E-state index contributed by atoms with van der Waals surface area (Å²) < 4.78 is 11.2. The topological polar surface area (TPSA) is 80.3 Å². The number of carbonyl (C=O) groups is 1. The number of aromatic amines is 1. The van der Waals surface area contributed by atoms with Gasteiger partial charge in [-0.05, 0) is 36.2 Å². The maximum absolute atomic E-state index is 13.5. The molecule has 4 heterocycles. The average Bonchev–Trinajstić information content (AvgIpc) is 3.54. The minimum absolute atomic E-state index is 0.0330. The molecule has 0 spiro atoms. The molecule has 7 nitrogen and oxygen atoms in total. The Morgan fingerprint density at radius 2 is 1.69 bits per heavy atom. The van der Waals surface area contributed by atoms with Gasteiger partial charge in [-0.2, -0.15) is 0 Å². The predicted molar refractivity (Wildman–Crippen MR) is 137 cm³/mol. The van der Waals surface area contributed by atoms with E-state index in [2.05, 4.69) is 36.2 Å². The molecule has 0 saturated heterocycles. The lowest BCUT2D eigenvalue weighted by atomic mass is 9.91. The van der Waals surface area contributed by atoms with Gasteiger partial charge < -0.3 is 19.4 Å². The lowest BCUT2D eigenvalue weighted by Gasteiger charge is -2.35. The Kier molecular flexibility index (Phi) is 4.57. The number of anilines is 1. The Morgan fingerprint density at radius 1 is 0.917 bits per heavy atom. The third kappa shape index (κ3) is 3.24. The molecular weight excluding hydrogens is 452 g/mol. The summed E-state index contributed by atoms with van der Waals surface area (Å²) in [6, 6.07) is 21.8. The molecule has 1 atom stereocenters. The molecule has 0 fully saturated rings. The smallest absolute Gasteiger partial charge is 0.231 e. The summed E-state index contributed by atoms with van der Waals surface area (Å²) >= 11 is 0. The monoisotopic (exact) mass is 474 g/mol. The van der Waals surface area contributed by atoms with Crippen LogP contribution in [0.15, 0.2) is 79.1 Å². The Hall–Kier alpha value is -4.65. The van der Waals surface area contributed by atoms with E-state index in [1.807, 2.05) is 59.8 Å². The van der Waals surface area contributed by atoms with E-state index < -0.39 is 0 Å². The van der Waals surface area contributed by atoms with Crippen molar-refractivity contribution in [3.8, 4) is 22.6 Å². The Morgan fingerprint density at radius 3 is 2.53 bits per heavy atom. The fraction of sp³-hybridized carbons (Fsp3) is 0.138. The number of hydrogen-bond donors (Lipinski definition) is 1. The van der Waals surface area contributed by atoms with Crippen molar-refractivity contribution in [3.05, 3.63) is 102 Å². The predicted octanol–water partition coefficient (Wildman–Crippen LogP) is 5.45. The zero-order valence-electron chi connectivity index (χ0n) is 19.6. The van der Waals surface area contributed by atoms with Crippen LogP contribution in [0.5, 0.6) is 11.5 Å². The average molecular weight is 475 g/mol. The number of ether oxygens (including phenoxy) is 2. The van der Waals surface area contributed by atoms with Gasteiger partial charge in [-0.3, -0.25) is 4.79 Å². The van der Waals surface area contributed by atoms with E-state index in [4.69, 9.17) is 19.4 Å². The Bertz CT molecular complexity index is 1620. The van der Waals surface area contributed by atoms with Crippen molar-refractivity contribution < 1.29 is 14.3 Å². The summed E-state index contributed by atoms with van der Waals surface area (Å²) in [5.74, 6) is 1.93. The highest BCUT2D eigenvalue weighted by Crippen LogP contribution is 2.43. The summed E-state index contributed by atoms with van der Waals surface area (Å²) in [6.45, 7) is 2.43. The number of benzene rings is 3. The largest absolute Gasteiger partial charge is 0.454 e. The first kappa shape index (κ1) is 20.7. The maximum Gasteiger partial charge on any atom is 0.231 e. The molecule has 0 amide bonds. The van der Waals surface area contributed by atoms with Crippen LogP contribution in [-0.4, -0.2) is 34.1 Å². The van der Waals surface area contributed by atoms with E-state index >= 15 is 0 Å². The summed E-state index contributed by atoms with van der Waals surface area (Å²) in [5, 5.41) is 0.929. The molecule has 7 heteroatoms. The molecule has 0 bridgehead atoms. The number of ketones is 1. The molecule has 7 rings (SSSR count). The zero-order chi connectivity index (χ0) is 24.2. The minimum atomic E-state index is -0.301. The van der Waals surface area contributed by atoms with E-state index in [0.29, 0.717) is 17.4 Å². The SMILES string of the molecule is Cc1ccc(-c2cnc(N3CC(=O)c4c([nH]c5ccccc45)C3c3ccc4c(c3)OCO4)nc2)cc1. The first-order valence-electron chi connectivity index (χ1n) is 11.8. The number of para-hydroxylation sites is 1. The molecule has 176 valence electrons. The van der Waals surface area contributed by atoms with E-state index in [9.17, 15) is 4.79 Å². The van der Waals surface area contributed by atoms with Gasteiger partial charge in [0.1, 0.15) is 0 Å². The third-order valence-corrected chi connectivity index (χ3v) is 6.91. The van der Waals surface area contributed by atoms with Crippen LogP contribution in [0.4, 0.5) is 5.95 Å². The quantitative estimate of drug-likeness (QED) is 0.374. The number of rotatable bonds is 3. The van der Waals surface area contributed by atoms with Crippen molar-refractivity contribution in [1.29, 1.82) is 0 Å². The van der Waals surface area contributed by atoms with Crippen LogP contribution in [-0.2, 0) is 0 Å². The van der Waals surface area contributed by atoms with Gasteiger partial charge in [0, 0.05) is 28.9 Å². The molecule has 0 saturated carbocycles. The lowest BCUT2D eigenvalue weighted by molar-refractivity contribution is 0.0990. The summed E-state index contributed by atoms with van der Waals surface area (Å²) in [5.41, 5.74) is 6.62. The van der Waals surface area contributed by atoms with E-state index in [1.54, 1.807) is 0 Å². The van der Waals surface area contributed by atoms with E-state index in [0.717, 1.165) is 38.9 Å². The van der Waals surface area contributed by atoms with Gasteiger partial charge in [0.05, 0.1) is 23.8 Å². The number of aryl methyl sites for hydroxylation is 1. The molecule has 2 aliphatic rings. The van der Waals surface area contributed by atoms with Crippen LogP contribution in [0, 0.1) is 6.92 Å². The number of nitrogens with one attached hydrogen (secondary N) is 1. The Balaban J connectivity index is 1.36. The molecular formula is C29H22N4O3. The first-order valence-corrected chi connectivity index (χ1v) is 11.8. The number of nitrogens with zero attached hydrogens (tertiary/aromatic N) is 3. The van der Waals surface area contributed by atoms with E-state index in [-0.39, 0.29) is 25.2 Å². The standard InChI is InChI=1S/C29H22N4O3/c1-17-6-8-18(9-7-17)20-13-30-29(31-14-20)33-15-23(34)26-21-4-2-3-5-22(21)32-27(26)28(33)19-10-11-24-25(12-19)36-16-35-24/h2-14,28,32H,15-16H2,1H3. The maximum atomic E-state index is 13.5. The highest BCUT2D eigenvalue weighted by atomic mass is 16.7. The van der Waals surface area contributed by atoms with Gasteiger partial charge in [-0.25, -0.2) is 9.97 Å². The lowest BCUT2D eigenvalue weighted by Crippen LogP contribution is -2.40. The summed E-state index contributed by atoms with van der Waals surface area (Å²) in [7, 11) is 0. The molecule has 2 aliphatic heterocycles. The highest BCUT2D eigenvalue weighted by molar-refractivity contribution is 6.12. The fourth-order valence-electron chi connectivity index (χ4n) is 5.13. The fourth-order valence-corrected chi connectivity index (χ4v) is 5.13. The van der Waals surface area contributed by atoms with Crippen LogP contribution in [0.2, 0.25) is 0 Å². The van der Waals surface area contributed by atoms with Crippen molar-refractivity contribution in [1.82, 2.24) is 15.0 Å². The van der Waals surface area contributed by atoms with Crippen molar-refractivity contribution in [3.63, 3.8) is 0 Å². The van der Waals surface area contributed by atoms with Crippen LogP contribution in [0.3, 0.4) is 0 Å². The number of fused-ring (bicyclic) bond motifs is 4. The van der Waals surface area contributed by atoms with Gasteiger partial charge in [0.15, 0.2) is 17.3 Å². The van der Waals surface area contributed by atoms with Crippen LogP contribution >= 0.6 is 0 Å². The van der Waals surface area contributed by atoms with Gasteiger partial charge in [-0.1, -0.05) is 54.1 Å². The number of aromatic nitrogens is 3. The molecule has 1 unspecified atom stereocenters. The number of Topliss-reactive ketones (excluding diaryl/α,β-unsaturated/α-hetero) is 1. The van der Waals surface area contributed by atoms with E-state index in [1.165, 1.54) is 5.56 Å². The second-order valence-corrected chi connectivity index (χ2v) is 9.16. The normalized spacial score (nSPS) is 16.4. The second-order valence-electron chi connectivity index (χ2n) is 9.16. The molecule has 1 N–H and O–H groups in total. The summed E-state index contributed by atoms with van der Waals surface area (Å²) in [4.78, 5) is 28.3. The van der Waals surface area contributed by atoms with Crippen LogP contribution in [0.25, 0.3) is 22.0 Å². The van der Waals surface area contributed by atoms with Gasteiger partial charge >= 0.3 is 0 Å².